The molecule has 4 rings (SSSR count). The number of aryl methyl sites for hydroxylation is 1. The van der Waals surface area contributed by atoms with Crippen molar-refractivity contribution in [2.45, 2.75) is 25.3 Å². The lowest BCUT2D eigenvalue weighted by atomic mass is 9.86. The first kappa shape index (κ1) is 20.4. The molecule has 2 aliphatic heterocycles. The smallest absolute Gasteiger partial charge is 0.256 e. The van der Waals surface area contributed by atoms with Gasteiger partial charge >= 0.3 is 0 Å². The second-order valence-electron chi connectivity index (χ2n) is 8.74. The number of carbonyl (C=O) groups excluding carboxylic acids is 1. The first-order valence-electron chi connectivity index (χ1n) is 10.9. The number of piperidine rings is 1. The molecule has 0 spiro atoms. The van der Waals surface area contributed by atoms with Crippen LogP contribution < -0.4 is 0 Å². The number of hydrogen-bond acceptors (Lipinski definition) is 4. The molecule has 2 atom stereocenters. The van der Waals surface area contributed by atoms with E-state index < -0.39 is 0 Å². The van der Waals surface area contributed by atoms with Gasteiger partial charge in [0.25, 0.3) is 5.91 Å². The molecule has 2 aliphatic rings. The minimum atomic E-state index is 0.146. The number of aliphatic hydroxyl groups excluding tert-OH is 1. The van der Waals surface area contributed by atoms with Crippen molar-refractivity contribution in [3.8, 4) is 0 Å². The Labute approximate surface area is 173 Å². The standard InChI is InChI=1S/C23H34N4O2/c1-24-11-13-26(14-12-24)21-9-10-27(16-18(21)6-5-15-28)23(29)20-17-25(2)22-8-4-3-7-19(20)22/h3-4,7-8,17-18,21,28H,5-6,9-16H2,1-2H3. The molecule has 0 saturated carbocycles. The van der Waals surface area contributed by atoms with Gasteiger partial charge < -0.3 is 19.5 Å². The molecule has 6 nitrogen and oxygen atoms in total. The van der Waals surface area contributed by atoms with Crippen LogP contribution in [0.2, 0.25) is 0 Å². The van der Waals surface area contributed by atoms with Gasteiger partial charge in [0.05, 0.1) is 5.56 Å². The van der Waals surface area contributed by atoms with Crippen molar-refractivity contribution in [1.82, 2.24) is 19.3 Å². The number of aromatic nitrogens is 1. The number of carbonyl (C=O) groups is 1. The van der Waals surface area contributed by atoms with E-state index in [2.05, 4.69) is 27.8 Å². The Hall–Kier alpha value is -1.89. The van der Waals surface area contributed by atoms with Crippen LogP contribution in [0.5, 0.6) is 0 Å². The summed E-state index contributed by atoms with van der Waals surface area (Å²) in [6.45, 7) is 6.27. The number of amides is 1. The van der Waals surface area contributed by atoms with Gasteiger partial charge in [-0.25, -0.2) is 0 Å². The number of para-hydroxylation sites is 1. The zero-order chi connectivity index (χ0) is 20.4. The van der Waals surface area contributed by atoms with Gasteiger partial charge in [-0.3, -0.25) is 9.69 Å². The summed E-state index contributed by atoms with van der Waals surface area (Å²) < 4.78 is 2.04. The van der Waals surface area contributed by atoms with E-state index in [1.54, 1.807) is 0 Å². The molecule has 0 bridgehead atoms. The van der Waals surface area contributed by atoms with Crippen molar-refractivity contribution in [1.29, 1.82) is 0 Å². The van der Waals surface area contributed by atoms with E-state index in [0.717, 1.165) is 75.0 Å². The summed E-state index contributed by atoms with van der Waals surface area (Å²) in [4.78, 5) is 20.5. The minimum absolute atomic E-state index is 0.146. The van der Waals surface area contributed by atoms with Crippen LogP contribution in [0, 0.1) is 5.92 Å². The van der Waals surface area contributed by atoms with Gasteiger partial charge in [-0.15, -0.1) is 0 Å². The summed E-state index contributed by atoms with van der Waals surface area (Å²) in [7, 11) is 4.19. The molecule has 1 N–H and O–H groups in total. The monoisotopic (exact) mass is 398 g/mol. The molecular weight excluding hydrogens is 364 g/mol. The van der Waals surface area contributed by atoms with Crippen molar-refractivity contribution in [2.24, 2.45) is 13.0 Å². The highest BCUT2D eigenvalue weighted by Crippen LogP contribution is 2.29. The van der Waals surface area contributed by atoms with Crippen LogP contribution in [0.4, 0.5) is 0 Å². The predicted molar refractivity (Wildman–Crippen MR) is 116 cm³/mol. The molecule has 158 valence electrons. The summed E-state index contributed by atoms with van der Waals surface area (Å²) in [5, 5.41) is 10.4. The Kier molecular flexibility index (Phi) is 6.23. The van der Waals surface area contributed by atoms with Crippen LogP contribution in [0.15, 0.2) is 30.5 Å². The summed E-state index contributed by atoms with van der Waals surface area (Å²) in [6.07, 6.45) is 4.79. The fraction of sp³-hybridized carbons (Fsp3) is 0.609. The first-order chi connectivity index (χ1) is 14.1. The molecule has 1 amide bonds. The number of hydrogen-bond donors (Lipinski definition) is 1. The molecule has 6 heteroatoms. The van der Waals surface area contributed by atoms with E-state index in [1.165, 1.54) is 0 Å². The molecular formula is C23H34N4O2. The van der Waals surface area contributed by atoms with Crippen molar-refractivity contribution in [3.63, 3.8) is 0 Å². The zero-order valence-electron chi connectivity index (χ0n) is 17.8. The Morgan fingerprint density at radius 2 is 1.86 bits per heavy atom. The molecule has 0 radical (unpaired) electrons. The Morgan fingerprint density at radius 1 is 1.10 bits per heavy atom. The van der Waals surface area contributed by atoms with Crippen LogP contribution in [0.1, 0.15) is 29.6 Å². The number of fused-ring (bicyclic) bond motifs is 1. The van der Waals surface area contributed by atoms with Crippen LogP contribution in [-0.2, 0) is 7.05 Å². The third kappa shape index (κ3) is 4.20. The second kappa shape index (κ2) is 8.86. The topological polar surface area (TPSA) is 52.0 Å². The molecule has 3 heterocycles. The normalized spacial score (nSPS) is 24.3. The van der Waals surface area contributed by atoms with Gasteiger partial charge in [0.15, 0.2) is 0 Å². The van der Waals surface area contributed by atoms with Crippen LogP contribution in [0.25, 0.3) is 10.9 Å². The molecule has 2 unspecified atom stereocenters. The zero-order valence-corrected chi connectivity index (χ0v) is 17.8. The highest BCUT2D eigenvalue weighted by Gasteiger charge is 2.36. The van der Waals surface area contributed by atoms with E-state index in [9.17, 15) is 9.90 Å². The number of likely N-dealkylation sites (tertiary alicyclic amines) is 1. The van der Waals surface area contributed by atoms with Gasteiger partial charge in [-0.2, -0.15) is 0 Å². The van der Waals surface area contributed by atoms with Gasteiger partial charge in [-0.1, -0.05) is 18.2 Å². The van der Waals surface area contributed by atoms with Gasteiger partial charge in [0, 0.05) is 76.1 Å². The Balaban J connectivity index is 1.51. The van der Waals surface area contributed by atoms with Crippen molar-refractivity contribution in [2.75, 3.05) is 52.9 Å². The van der Waals surface area contributed by atoms with Gasteiger partial charge in [0.2, 0.25) is 0 Å². The van der Waals surface area contributed by atoms with E-state index in [4.69, 9.17) is 0 Å². The lowest BCUT2D eigenvalue weighted by Gasteiger charge is -2.46. The molecule has 2 fully saturated rings. The summed E-state index contributed by atoms with van der Waals surface area (Å²) >= 11 is 0. The number of nitrogens with zero attached hydrogens (tertiary/aromatic N) is 4. The summed E-state index contributed by atoms with van der Waals surface area (Å²) in [6, 6.07) is 8.65. The number of likely N-dealkylation sites (N-methyl/N-ethyl adjacent to an activating group) is 1. The second-order valence-corrected chi connectivity index (χ2v) is 8.74. The molecule has 2 saturated heterocycles. The lowest BCUT2D eigenvalue weighted by molar-refractivity contribution is 0.0218. The Bertz CT molecular complexity index is 841. The largest absolute Gasteiger partial charge is 0.396 e. The molecule has 1 aromatic heterocycles. The number of rotatable bonds is 5. The van der Waals surface area contributed by atoms with E-state index in [1.807, 2.05) is 36.0 Å². The van der Waals surface area contributed by atoms with Crippen LogP contribution >= 0.6 is 0 Å². The SMILES string of the molecule is CN1CCN(C2CCN(C(=O)c3cn(C)c4ccccc34)CC2CCCO)CC1. The van der Waals surface area contributed by atoms with Crippen molar-refractivity contribution in [3.05, 3.63) is 36.0 Å². The summed E-state index contributed by atoms with van der Waals surface area (Å²) in [5.74, 6) is 0.575. The van der Waals surface area contributed by atoms with Gasteiger partial charge in [-0.05, 0) is 38.3 Å². The highest BCUT2D eigenvalue weighted by atomic mass is 16.3. The van der Waals surface area contributed by atoms with E-state index in [-0.39, 0.29) is 12.5 Å². The third-order valence-corrected chi connectivity index (χ3v) is 6.85. The quantitative estimate of drug-likeness (QED) is 0.837. The average Bonchev–Trinajstić information content (AvgIpc) is 3.09. The maximum absolute atomic E-state index is 13.4. The lowest BCUT2D eigenvalue weighted by Crippen LogP contribution is -2.56. The van der Waals surface area contributed by atoms with Crippen molar-refractivity contribution < 1.29 is 9.90 Å². The fourth-order valence-electron chi connectivity index (χ4n) is 5.16. The molecule has 0 aliphatic carbocycles. The van der Waals surface area contributed by atoms with Crippen LogP contribution in [0.3, 0.4) is 0 Å². The first-order valence-corrected chi connectivity index (χ1v) is 10.9. The molecule has 29 heavy (non-hydrogen) atoms. The predicted octanol–water partition coefficient (Wildman–Crippen LogP) is 2.03. The van der Waals surface area contributed by atoms with E-state index in [0.29, 0.717) is 12.0 Å². The molecule has 2 aromatic rings. The summed E-state index contributed by atoms with van der Waals surface area (Å²) in [5.41, 5.74) is 1.90. The van der Waals surface area contributed by atoms with Crippen molar-refractivity contribution >= 4 is 16.8 Å². The Morgan fingerprint density at radius 3 is 2.62 bits per heavy atom. The van der Waals surface area contributed by atoms with Gasteiger partial charge in [0.1, 0.15) is 0 Å². The maximum atomic E-state index is 13.4. The molecule has 1 aromatic carbocycles. The maximum Gasteiger partial charge on any atom is 0.256 e. The number of piperazine rings is 1. The number of benzene rings is 1. The van der Waals surface area contributed by atoms with E-state index >= 15 is 0 Å². The fourth-order valence-corrected chi connectivity index (χ4v) is 5.16. The highest BCUT2D eigenvalue weighted by molar-refractivity contribution is 6.07. The average molecular weight is 399 g/mol. The minimum Gasteiger partial charge on any atom is -0.396 e. The number of aliphatic hydroxyl groups is 1. The van der Waals surface area contributed by atoms with Crippen LogP contribution in [-0.4, -0.2) is 89.2 Å². The third-order valence-electron chi connectivity index (χ3n) is 6.85.